The molecule has 0 bridgehead atoms. The summed E-state index contributed by atoms with van der Waals surface area (Å²) < 4.78 is 67.3. The van der Waals surface area contributed by atoms with Crippen molar-refractivity contribution in [1.29, 1.82) is 0 Å². The number of nitro benzene ring substituents is 2. The van der Waals surface area contributed by atoms with Crippen molar-refractivity contribution in [3.05, 3.63) is 84.3 Å². The summed E-state index contributed by atoms with van der Waals surface area (Å²) >= 11 is 0. The molecule has 1 aliphatic rings. The first-order chi connectivity index (χ1) is 20.4. The number of carbonyl (C=O) groups excluding carboxylic acids is 1. The van der Waals surface area contributed by atoms with E-state index in [1.165, 1.54) is 12.3 Å². The van der Waals surface area contributed by atoms with E-state index in [1.807, 2.05) is 13.8 Å². The average Bonchev–Trinajstić information content (AvgIpc) is 3.67. The van der Waals surface area contributed by atoms with E-state index in [0.29, 0.717) is 29.0 Å². The average molecular weight is 641 g/mol. The van der Waals surface area contributed by atoms with Crippen LogP contribution in [0, 0.1) is 34.1 Å². The summed E-state index contributed by atoms with van der Waals surface area (Å²) in [6, 6.07) is 3.40. The van der Waals surface area contributed by atoms with Gasteiger partial charge in [-0.25, -0.2) is 8.42 Å². The number of nitrogens with one attached hydrogen (secondary N) is 1. The van der Waals surface area contributed by atoms with Gasteiger partial charge in [-0.05, 0) is 63.3 Å². The van der Waals surface area contributed by atoms with Gasteiger partial charge in [0.2, 0.25) is 0 Å². The monoisotopic (exact) mass is 640 g/mol. The van der Waals surface area contributed by atoms with Crippen LogP contribution < -0.4 is 5.32 Å². The maximum absolute atomic E-state index is 12.8. The molecule has 2 aromatic carbocycles. The van der Waals surface area contributed by atoms with Crippen LogP contribution in [0.15, 0.2) is 39.9 Å². The van der Waals surface area contributed by atoms with Crippen molar-refractivity contribution in [2.75, 3.05) is 11.6 Å². The second kappa shape index (κ2) is 13.1. The Balaban J connectivity index is 0.000000245. The highest BCUT2D eigenvalue weighted by molar-refractivity contribution is 7.90. The summed E-state index contributed by atoms with van der Waals surface area (Å²) in [6.07, 6.45) is 0.324. The fourth-order valence-electron chi connectivity index (χ4n) is 4.49. The predicted octanol–water partition coefficient (Wildman–Crippen LogP) is 6.93. The standard InChI is InChI=1S/C15H12F3NO4S.C13H19N3O4/c1-24(21,22)12-6-9(15(16,17)18)4-5-10(12)13(20)11-7-19-23-14(11)8-2-3-8;1-5-10(6-2)14-12-11(15(17)18)7-8(3)9(4)13(12)16(19)20/h4-8H,2-3H2,1H3;7,10,14H,5-6H2,1-4H3. The number of nitrogens with zero attached hydrogens (tertiary/aromatic N) is 3. The Kier molecular flexibility index (Phi) is 10.2. The Morgan fingerprint density at radius 3 is 2.18 bits per heavy atom. The zero-order valence-corrected chi connectivity index (χ0v) is 25.3. The third-order valence-corrected chi connectivity index (χ3v) is 8.39. The summed E-state index contributed by atoms with van der Waals surface area (Å²) in [5.74, 6) is -0.325. The molecule has 1 heterocycles. The number of rotatable bonds is 10. The van der Waals surface area contributed by atoms with E-state index in [2.05, 4.69) is 10.5 Å². The van der Waals surface area contributed by atoms with E-state index in [0.717, 1.165) is 38.0 Å². The van der Waals surface area contributed by atoms with Crippen molar-refractivity contribution < 1.29 is 40.8 Å². The van der Waals surface area contributed by atoms with Crippen LogP contribution >= 0.6 is 0 Å². The third kappa shape index (κ3) is 7.59. The van der Waals surface area contributed by atoms with Crippen molar-refractivity contribution in [1.82, 2.24) is 5.16 Å². The summed E-state index contributed by atoms with van der Waals surface area (Å²) in [6.45, 7) is 7.10. The van der Waals surface area contributed by atoms with Crippen LogP contribution in [0.2, 0.25) is 0 Å². The molecule has 0 aliphatic heterocycles. The van der Waals surface area contributed by atoms with E-state index in [4.69, 9.17) is 4.52 Å². The molecule has 0 spiro atoms. The molecule has 44 heavy (non-hydrogen) atoms. The molecule has 1 fully saturated rings. The van der Waals surface area contributed by atoms with Crippen LogP contribution in [0.25, 0.3) is 0 Å². The summed E-state index contributed by atoms with van der Waals surface area (Å²) in [4.78, 5) is 33.3. The molecule has 1 saturated carbocycles. The number of anilines is 1. The fourth-order valence-corrected chi connectivity index (χ4v) is 5.39. The van der Waals surface area contributed by atoms with Crippen LogP contribution in [0.1, 0.15) is 83.8 Å². The van der Waals surface area contributed by atoms with Crippen molar-refractivity contribution >= 4 is 32.7 Å². The number of hydrogen-bond acceptors (Lipinski definition) is 10. The predicted molar refractivity (Wildman–Crippen MR) is 154 cm³/mol. The van der Waals surface area contributed by atoms with Gasteiger partial charge in [-0.1, -0.05) is 19.0 Å². The summed E-state index contributed by atoms with van der Waals surface area (Å²) in [5.41, 5.74) is -0.815. The highest BCUT2D eigenvalue weighted by Crippen LogP contribution is 2.43. The summed E-state index contributed by atoms with van der Waals surface area (Å²) in [7, 11) is -4.04. The molecular formula is C28H31F3N4O8S. The number of halogens is 3. The molecule has 12 nitrogen and oxygen atoms in total. The van der Waals surface area contributed by atoms with Gasteiger partial charge in [0.1, 0.15) is 0 Å². The molecule has 0 atom stereocenters. The van der Waals surface area contributed by atoms with E-state index in [1.54, 1.807) is 13.8 Å². The second-order valence-corrected chi connectivity index (χ2v) is 12.4. The minimum Gasteiger partial charge on any atom is -0.371 e. The van der Waals surface area contributed by atoms with Crippen molar-refractivity contribution in [3.63, 3.8) is 0 Å². The Morgan fingerprint density at radius 1 is 1.09 bits per heavy atom. The first-order valence-corrected chi connectivity index (χ1v) is 15.4. The molecule has 0 unspecified atom stereocenters. The van der Waals surface area contributed by atoms with Gasteiger partial charge in [0.05, 0.1) is 32.1 Å². The minimum atomic E-state index is -4.71. The SMILES string of the molecule is CCC(CC)Nc1c([N+](=O)[O-])cc(C)c(C)c1[N+](=O)[O-].CS(=O)(=O)c1cc(C(F)(F)F)ccc1C(=O)c1cnoc1C1CC1. The number of aromatic nitrogens is 1. The zero-order valence-electron chi connectivity index (χ0n) is 24.5. The van der Waals surface area contributed by atoms with Crippen LogP contribution in [0.3, 0.4) is 0 Å². The van der Waals surface area contributed by atoms with Crippen molar-refractivity contribution in [2.45, 2.75) is 76.4 Å². The number of nitro groups is 2. The van der Waals surface area contributed by atoms with Crippen LogP contribution in [0.5, 0.6) is 0 Å². The molecule has 3 aromatic rings. The molecule has 0 saturated heterocycles. The van der Waals surface area contributed by atoms with Crippen molar-refractivity contribution in [2.24, 2.45) is 0 Å². The van der Waals surface area contributed by atoms with Gasteiger partial charge in [0, 0.05) is 35.4 Å². The lowest BCUT2D eigenvalue weighted by molar-refractivity contribution is -0.392. The van der Waals surface area contributed by atoms with E-state index in [-0.39, 0.29) is 40.1 Å². The number of benzene rings is 2. The lowest BCUT2D eigenvalue weighted by Crippen LogP contribution is -2.19. The largest absolute Gasteiger partial charge is 0.416 e. The van der Waals surface area contributed by atoms with Gasteiger partial charge in [-0.15, -0.1) is 0 Å². The van der Waals surface area contributed by atoms with Gasteiger partial charge in [-0.2, -0.15) is 13.2 Å². The lowest BCUT2D eigenvalue weighted by Gasteiger charge is -2.17. The van der Waals surface area contributed by atoms with E-state index < -0.39 is 42.1 Å². The second-order valence-electron chi connectivity index (χ2n) is 10.4. The molecule has 1 aromatic heterocycles. The molecule has 16 heteroatoms. The first kappa shape index (κ1) is 34.2. The minimum absolute atomic E-state index is 0.0109. The van der Waals surface area contributed by atoms with Crippen LogP contribution in [-0.4, -0.2) is 41.5 Å². The van der Waals surface area contributed by atoms with Gasteiger partial charge in [0.25, 0.3) is 5.69 Å². The molecule has 1 aliphatic carbocycles. The Morgan fingerprint density at radius 2 is 1.70 bits per heavy atom. The van der Waals surface area contributed by atoms with Gasteiger partial charge < -0.3 is 9.84 Å². The quantitative estimate of drug-likeness (QED) is 0.139. The van der Waals surface area contributed by atoms with Crippen LogP contribution in [-0.2, 0) is 16.0 Å². The van der Waals surface area contributed by atoms with E-state index in [9.17, 15) is 46.6 Å². The fraction of sp³-hybridized carbons (Fsp3) is 0.429. The number of sulfone groups is 1. The Labute approximate surface area is 250 Å². The van der Waals surface area contributed by atoms with Gasteiger partial charge >= 0.3 is 11.9 Å². The lowest BCUT2D eigenvalue weighted by atomic mass is 10.0. The highest BCUT2D eigenvalue weighted by Gasteiger charge is 2.36. The highest BCUT2D eigenvalue weighted by atomic mass is 32.2. The molecule has 1 N–H and O–H groups in total. The zero-order chi connectivity index (χ0) is 33.1. The molecule has 0 amide bonds. The summed E-state index contributed by atoms with van der Waals surface area (Å²) in [5, 5.41) is 28.9. The molecule has 0 radical (unpaired) electrons. The number of hydrogen-bond donors (Lipinski definition) is 1. The number of carbonyl (C=O) groups is 1. The van der Waals surface area contributed by atoms with Crippen LogP contribution in [0.4, 0.5) is 30.2 Å². The number of alkyl halides is 3. The van der Waals surface area contributed by atoms with Gasteiger partial charge in [0.15, 0.2) is 27.1 Å². The maximum atomic E-state index is 12.8. The molecular weight excluding hydrogens is 609 g/mol. The number of ketones is 1. The Hall–Kier alpha value is -4.34. The first-order valence-electron chi connectivity index (χ1n) is 13.5. The van der Waals surface area contributed by atoms with Gasteiger partial charge in [-0.3, -0.25) is 25.0 Å². The maximum Gasteiger partial charge on any atom is 0.416 e. The topological polar surface area (TPSA) is 176 Å². The van der Waals surface area contributed by atoms with Crippen molar-refractivity contribution in [3.8, 4) is 0 Å². The molecule has 238 valence electrons. The molecule has 4 rings (SSSR count). The van der Waals surface area contributed by atoms with E-state index >= 15 is 0 Å². The third-order valence-electron chi connectivity index (χ3n) is 7.25. The smallest absolute Gasteiger partial charge is 0.371 e. The normalized spacial score (nSPS) is 13.3. The Bertz CT molecular complexity index is 1700. The number of aryl methyl sites for hydroxylation is 1.